The van der Waals surface area contributed by atoms with Crippen LogP contribution in [-0.2, 0) is 9.53 Å². The molecule has 0 aliphatic rings. The minimum atomic E-state index is -0.0322. The molecule has 94 valence electrons. The van der Waals surface area contributed by atoms with Crippen molar-refractivity contribution in [3.05, 3.63) is 23.3 Å². The molecule has 0 saturated carbocycles. The lowest BCUT2D eigenvalue weighted by atomic mass is 10.1. The molecule has 0 saturated heterocycles. The maximum absolute atomic E-state index is 11.6. The second-order valence-electron chi connectivity index (χ2n) is 4.10. The van der Waals surface area contributed by atoms with Crippen molar-refractivity contribution < 1.29 is 14.6 Å². The molecule has 1 amide bonds. The summed E-state index contributed by atoms with van der Waals surface area (Å²) in [6.45, 7) is 4.24. The van der Waals surface area contributed by atoms with Crippen LogP contribution in [0.2, 0.25) is 0 Å². The van der Waals surface area contributed by atoms with E-state index in [9.17, 15) is 9.90 Å². The Bertz CT molecular complexity index is 402. The standard InChI is InChI=1S/C13H19NO3/c1-9-8-12(15)10(2)7-11(9)14-13(16)5-4-6-17-3/h7-8,15H,4-6H2,1-3H3,(H,14,16). The molecular formula is C13H19NO3. The normalized spacial score (nSPS) is 10.3. The summed E-state index contributed by atoms with van der Waals surface area (Å²) >= 11 is 0. The molecule has 17 heavy (non-hydrogen) atoms. The van der Waals surface area contributed by atoms with Crippen molar-refractivity contribution in [2.75, 3.05) is 19.0 Å². The number of amides is 1. The number of hydrogen-bond donors (Lipinski definition) is 2. The number of hydrogen-bond acceptors (Lipinski definition) is 3. The van der Waals surface area contributed by atoms with Crippen LogP contribution < -0.4 is 5.32 Å². The molecule has 0 spiro atoms. The zero-order valence-corrected chi connectivity index (χ0v) is 10.5. The van der Waals surface area contributed by atoms with Crippen LogP contribution in [0.1, 0.15) is 24.0 Å². The van der Waals surface area contributed by atoms with Gasteiger partial charge in [0.1, 0.15) is 5.75 Å². The van der Waals surface area contributed by atoms with Gasteiger partial charge in [0.25, 0.3) is 0 Å². The van der Waals surface area contributed by atoms with E-state index in [1.165, 1.54) is 0 Å². The molecule has 1 aromatic carbocycles. The summed E-state index contributed by atoms with van der Waals surface area (Å²) in [6, 6.07) is 3.43. The van der Waals surface area contributed by atoms with Crippen molar-refractivity contribution in [1.29, 1.82) is 0 Å². The van der Waals surface area contributed by atoms with Gasteiger partial charge >= 0.3 is 0 Å². The Hall–Kier alpha value is -1.55. The summed E-state index contributed by atoms with van der Waals surface area (Å²) in [4.78, 5) is 11.6. The number of rotatable bonds is 5. The summed E-state index contributed by atoms with van der Waals surface area (Å²) in [5, 5.41) is 12.3. The molecule has 0 heterocycles. The molecule has 0 unspecified atom stereocenters. The lowest BCUT2D eigenvalue weighted by molar-refractivity contribution is -0.116. The average molecular weight is 237 g/mol. The first-order chi connectivity index (χ1) is 8.04. The van der Waals surface area contributed by atoms with Gasteiger partial charge in [-0.3, -0.25) is 4.79 Å². The molecule has 0 fully saturated rings. The first-order valence-electron chi connectivity index (χ1n) is 5.63. The summed E-state index contributed by atoms with van der Waals surface area (Å²) in [5.74, 6) is 0.218. The third kappa shape index (κ3) is 4.07. The number of carbonyl (C=O) groups excluding carboxylic acids is 1. The SMILES string of the molecule is COCCCC(=O)Nc1cc(C)c(O)cc1C. The van der Waals surface area contributed by atoms with E-state index in [2.05, 4.69) is 5.32 Å². The fourth-order valence-corrected chi connectivity index (χ4v) is 1.53. The molecular weight excluding hydrogens is 218 g/mol. The number of ether oxygens (including phenoxy) is 1. The lowest BCUT2D eigenvalue weighted by Gasteiger charge is -2.10. The zero-order chi connectivity index (χ0) is 12.8. The topological polar surface area (TPSA) is 58.6 Å². The molecule has 2 N–H and O–H groups in total. The number of benzene rings is 1. The number of aryl methyl sites for hydroxylation is 2. The second kappa shape index (κ2) is 6.25. The van der Waals surface area contributed by atoms with Crippen molar-refractivity contribution in [3.8, 4) is 5.75 Å². The highest BCUT2D eigenvalue weighted by molar-refractivity contribution is 5.91. The maximum Gasteiger partial charge on any atom is 0.224 e. The highest BCUT2D eigenvalue weighted by Crippen LogP contribution is 2.25. The minimum absolute atomic E-state index is 0.0322. The van der Waals surface area contributed by atoms with Crippen molar-refractivity contribution in [2.24, 2.45) is 0 Å². The number of phenolic OH excluding ortho intramolecular Hbond substituents is 1. The zero-order valence-electron chi connectivity index (χ0n) is 10.5. The smallest absolute Gasteiger partial charge is 0.224 e. The Morgan fingerprint density at radius 2 is 2.06 bits per heavy atom. The molecule has 1 aromatic rings. The minimum Gasteiger partial charge on any atom is -0.508 e. The van der Waals surface area contributed by atoms with Crippen LogP contribution in [0.15, 0.2) is 12.1 Å². The van der Waals surface area contributed by atoms with Crippen molar-refractivity contribution >= 4 is 11.6 Å². The van der Waals surface area contributed by atoms with E-state index < -0.39 is 0 Å². The van der Waals surface area contributed by atoms with Gasteiger partial charge in [-0.25, -0.2) is 0 Å². The van der Waals surface area contributed by atoms with E-state index in [1.54, 1.807) is 26.2 Å². The molecule has 0 radical (unpaired) electrons. The number of carbonyl (C=O) groups is 1. The summed E-state index contributed by atoms with van der Waals surface area (Å²) in [6.07, 6.45) is 1.14. The van der Waals surface area contributed by atoms with Crippen LogP contribution in [-0.4, -0.2) is 24.7 Å². The molecule has 4 heteroatoms. The summed E-state index contributed by atoms with van der Waals surface area (Å²) in [7, 11) is 1.62. The number of phenols is 1. The second-order valence-corrected chi connectivity index (χ2v) is 4.10. The Morgan fingerprint density at radius 1 is 1.35 bits per heavy atom. The fourth-order valence-electron chi connectivity index (χ4n) is 1.53. The maximum atomic E-state index is 11.6. The van der Waals surface area contributed by atoms with Gasteiger partial charge < -0.3 is 15.2 Å². The van der Waals surface area contributed by atoms with E-state index in [0.717, 1.165) is 16.8 Å². The van der Waals surface area contributed by atoms with Gasteiger partial charge in [0.05, 0.1) is 0 Å². The van der Waals surface area contributed by atoms with Gasteiger partial charge in [-0.15, -0.1) is 0 Å². The van der Waals surface area contributed by atoms with Gasteiger partial charge in [-0.1, -0.05) is 0 Å². The molecule has 0 aliphatic carbocycles. The third-order valence-corrected chi connectivity index (χ3v) is 2.57. The van der Waals surface area contributed by atoms with Crippen molar-refractivity contribution in [2.45, 2.75) is 26.7 Å². The van der Waals surface area contributed by atoms with Gasteiger partial charge in [-0.05, 0) is 43.5 Å². The van der Waals surface area contributed by atoms with Crippen LogP contribution in [0, 0.1) is 13.8 Å². The quantitative estimate of drug-likeness (QED) is 0.610. The fraction of sp³-hybridized carbons (Fsp3) is 0.462. The van der Waals surface area contributed by atoms with E-state index in [-0.39, 0.29) is 11.7 Å². The largest absolute Gasteiger partial charge is 0.508 e. The summed E-state index contributed by atoms with van der Waals surface area (Å²) in [5.41, 5.74) is 2.36. The number of methoxy groups -OCH3 is 1. The van der Waals surface area contributed by atoms with Gasteiger partial charge in [0.15, 0.2) is 0 Å². The van der Waals surface area contributed by atoms with Crippen LogP contribution in [0.4, 0.5) is 5.69 Å². The predicted molar refractivity (Wildman–Crippen MR) is 67.3 cm³/mol. The molecule has 0 aliphatic heterocycles. The Balaban J connectivity index is 2.62. The summed E-state index contributed by atoms with van der Waals surface area (Å²) < 4.78 is 4.89. The Morgan fingerprint density at radius 3 is 2.71 bits per heavy atom. The van der Waals surface area contributed by atoms with E-state index in [0.29, 0.717) is 19.4 Å². The molecule has 4 nitrogen and oxygen atoms in total. The lowest BCUT2D eigenvalue weighted by Crippen LogP contribution is -2.13. The molecule has 1 rings (SSSR count). The molecule has 0 bridgehead atoms. The predicted octanol–water partition coefficient (Wildman–Crippen LogP) is 2.37. The number of anilines is 1. The molecule has 0 atom stereocenters. The first kappa shape index (κ1) is 13.5. The first-order valence-corrected chi connectivity index (χ1v) is 5.63. The van der Waals surface area contributed by atoms with Crippen molar-refractivity contribution in [1.82, 2.24) is 0 Å². The molecule has 0 aromatic heterocycles. The monoisotopic (exact) mass is 237 g/mol. The van der Waals surface area contributed by atoms with Gasteiger partial charge in [0.2, 0.25) is 5.91 Å². The van der Waals surface area contributed by atoms with Crippen molar-refractivity contribution in [3.63, 3.8) is 0 Å². The van der Waals surface area contributed by atoms with Crippen LogP contribution in [0.3, 0.4) is 0 Å². The van der Waals surface area contributed by atoms with Crippen LogP contribution in [0.5, 0.6) is 5.75 Å². The highest BCUT2D eigenvalue weighted by atomic mass is 16.5. The Labute approximate surface area is 102 Å². The average Bonchev–Trinajstić information content (AvgIpc) is 2.26. The Kier molecular flexibility index (Phi) is 4.97. The van der Waals surface area contributed by atoms with E-state index in [4.69, 9.17) is 4.74 Å². The van der Waals surface area contributed by atoms with Crippen LogP contribution >= 0.6 is 0 Å². The van der Waals surface area contributed by atoms with Gasteiger partial charge in [0, 0.05) is 25.8 Å². The van der Waals surface area contributed by atoms with E-state index in [1.807, 2.05) is 6.92 Å². The van der Waals surface area contributed by atoms with Crippen LogP contribution in [0.25, 0.3) is 0 Å². The van der Waals surface area contributed by atoms with Gasteiger partial charge in [-0.2, -0.15) is 0 Å². The van der Waals surface area contributed by atoms with E-state index >= 15 is 0 Å². The third-order valence-electron chi connectivity index (χ3n) is 2.57. The number of nitrogens with one attached hydrogen (secondary N) is 1. The highest BCUT2D eigenvalue weighted by Gasteiger charge is 2.07. The number of aromatic hydroxyl groups is 1.